The first kappa shape index (κ1) is 12.4. The predicted octanol–water partition coefficient (Wildman–Crippen LogP) is 1.24. The van der Waals surface area contributed by atoms with E-state index < -0.39 is 0 Å². The van der Waals surface area contributed by atoms with Gasteiger partial charge in [-0.2, -0.15) is 0 Å². The van der Waals surface area contributed by atoms with Crippen molar-refractivity contribution in [1.29, 1.82) is 0 Å². The largest absolute Gasteiger partial charge is 0.346 e. The zero-order valence-electron chi connectivity index (χ0n) is 9.26. The van der Waals surface area contributed by atoms with Crippen LogP contribution in [0.15, 0.2) is 0 Å². The van der Waals surface area contributed by atoms with E-state index in [1.54, 1.807) is 11.8 Å². The highest BCUT2D eigenvalue weighted by molar-refractivity contribution is 5.72. The van der Waals surface area contributed by atoms with Gasteiger partial charge < -0.3 is 10.2 Å². The number of carbonyl (C=O) groups excluding carboxylic acids is 1. The molecule has 0 aromatic rings. The molecule has 1 unspecified atom stereocenters. The summed E-state index contributed by atoms with van der Waals surface area (Å²) in [5.74, 6) is 0.154. The molecule has 1 atom stereocenters. The molecule has 0 rings (SSSR count). The van der Waals surface area contributed by atoms with E-state index in [4.69, 9.17) is 0 Å². The molecule has 1 amide bonds. The molecule has 3 nitrogen and oxygen atoms in total. The van der Waals surface area contributed by atoms with Crippen LogP contribution in [0.3, 0.4) is 0 Å². The molecule has 0 radical (unpaired) electrons. The first-order chi connectivity index (χ1) is 6.07. The lowest BCUT2D eigenvalue weighted by atomic mass is 10.1. The maximum atomic E-state index is 10.8. The molecule has 0 aromatic carbocycles. The summed E-state index contributed by atoms with van der Waals surface area (Å²) < 4.78 is 0. The molecule has 0 bridgehead atoms. The fourth-order valence-electron chi connectivity index (χ4n) is 1.10. The molecular weight excluding hydrogens is 164 g/mol. The fourth-order valence-corrected chi connectivity index (χ4v) is 1.10. The number of amides is 1. The minimum Gasteiger partial charge on any atom is -0.346 e. The van der Waals surface area contributed by atoms with Crippen LogP contribution in [-0.2, 0) is 4.79 Å². The van der Waals surface area contributed by atoms with E-state index in [1.165, 1.54) is 12.8 Å². The topological polar surface area (TPSA) is 32.3 Å². The van der Waals surface area contributed by atoms with Crippen molar-refractivity contribution >= 4 is 5.91 Å². The van der Waals surface area contributed by atoms with Gasteiger partial charge in [0, 0.05) is 26.6 Å². The Morgan fingerprint density at radius 3 is 2.54 bits per heavy atom. The molecule has 13 heavy (non-hydrogen) atoms. The van der Waals surface area contributed by atoms with Gasteiger partial charge in [-0.1, -0.05) is 6.42 Å². The molecule has 0 aliphatic rings. The van der Waals surface area contributed by atoms with Crippen molar-refractivity contribution in [1.82, 2.24) is 10.2 Å². The molecule has 3 heteroatoms. The van der Waals surface area contributed by atoms with Crippen LogP contribution in [0.4, 0.5) is 0 Å². The van der Waals surface area contributed by atoms with E-state index >= 15 is 0 Å². The van der Waals surface area contributed by atoms with Crippen LogP contribution >= 0.6 is 0 Å². The van der Waals surface area contributed by atoms with Gasteiger partial charge in [0.05, 0.1) is 0 Å². The number of carbonyl (C=O) groups is 1. The molecule has 1 N–H and O–H groups in total. The number of hydrogen-bond donors (Lipinski definition) is 1. The normalized spacial score (nSPS) is 12.6. The van der Waals surface area contributed by atoms with Crippen LogP contribution in [0.1, 0.15) is 33.1 Å². The van der Waals surface area contributed by atoms with E-state index in [2.05, 4.69) is 12.2 Å². The maximum absolute atomic E-state index is 10.8. The van der Waals surface area contributed by atoms with Crippen LogP contribution in [0, 0.1) is 0 Å². The van der Waals surface area contributed by atoms with Crippen molar-refractivity contribution < 1.29 is 4.79 Å². The Morgan fingerprint density at radius 1 is 1.46 bits per heavy atom. The molecule has 0 saturated heterocycles. The molecule has 0 aliphatic carbocycles. The van der Waals surface area contributed by atoms with Crippen LogP contribution < -0.4 is 5.32 Å². The summed E-state index contributed by atoms with van der Waals surface area (Å²) in [6.07, 6.45) is 3.46. The Balaban J connectivity index is 3.30. The van der Waals surface area contributed by atoms with Gasteiger partial charge in [0.2, 0.25) is 5.91 Å². The Hall–Kier alpha value is -0.570. The second kappa shape index (κ2) is 6.89. The van der Waals surface area contributed by atoms with Gasteiger partial charge in [0.1, 0.15) is 0 Å². The summed E-state index contributed by atoms with van der Waals surface area (Å²) in [5, 5.41) is 3.20. The highest BCUT2D eigenvalue weighted by atomic mass is 16.2. The molecule has 0 fully saturated rings. The van der Waals surface area contributed by atoms with Crippen molar-refractivity contribution in [3.63, 3.8) is 0 Å². The third kappa shape index (κ3) is 6.58. The SMILES string of the molecule is CNC(C)CCCCN(C)C(C)=O. The summed E-state index contributed by atoms with van der Waals surface area (Å²) >= 11 is 0. The zero-order chi connectivity index (χ0) is 10.3. The van der Waals surface area contributed by atoms with Gasteiger partial charge in [-0.25, -0.2) is 0 Å². The third-order valence-electron chi connectivity index (χ3n) is 2.41. The minimum atomic E-state index is 0.154. The average molecular weight is 186 g/mol. The van der Waals surface area contributed by atoms with Crippen LogP contribution in [0.2, 0.25) is 0 Å². The van der Waals surface area contributed by atoms with Crippen molar-refractivity contribution in [2.75, 3.05) is 20.6 Å². The molecular formula is C10H22N2O. The zero-order valence-corrected chi connectivity index (χ0v) is 9.26. The van der Waals surface area contributed by atoms with E-state index in [1.807, 2.05) is 14.1 Å². The Kier molecular flexibility index (Phi) is 6.59. The van der Waals surface area contributed by atoms with E-state index in [9.17, 15) is 4.79 Å². The smallest absolute Gasteiger partial charge is 0.219 e. The summed E-state index contributed by atoms with van der Waals surface area (Å²) in [7, 11) is 3.83. The van der Waals surface area contributed by atoms with Gasteiger partial charge in [0.15, 0.2) is 0 Å². The first-order valence-corrected chi connectivity index (χ1v) is 4.97. The van der Waals surface area contributed by atoms with Crippen molar-refractivity contribution in [3.05, 3.63) is 0 Å². The molecule has 0 aliphatic heterocycles. The van der Waals surface area contributed by atoms with Crippen LogP contribution in [0.25, 0.3) is 0 Å². The first-order valence-electron chi connectivity index (χ1n) is 4.97. The number of nitrogens with one attached hydrogen (secondary N) is 1. The Labute approximate surface area is 81.5 Å². The van der Waals surface area contributed by atoms with Gasteiger partial charge in [0.25, 0.3) is 0 Å². The third-order valence-corrected chi connectivity index (χ3v) is 2.41. The standard InChI is InChI=1S/C10H22N2O/c1-9(11-3)7-5-6-8-12(4)10(2)13/h9,11H,5-8H2,1-4H3. The average Bonchev–Trinajstić information content (AvgIpc) is 2.11. The van der Waals surface area contributed by atoms with Gasteiger partial charge in [-0.15, -0.1) is 0 Å². The second-order valence-electron chi connectivity index (χ2n) is 3.63. The molecule has 78 valence electrons. The lowest BCUT2D eigenvalue weighted by molar-refractivity contribution is -0.127. The molecule has 0 aromatic heterocycles. The second-order valence-corrected chi connectivity index (χ2v) is 3.63. The van der Waals surface area contributed by atoms with Crippen molar-refractivity contribution in [3.8, 4) is 0 Å². The summed E-state index contributed by atoms with van der Waals surface area (Å²) in [6.45, 7) is 4.66. The lowest BCUT2D eigenvalue weighted by Gasteiger charge is -2.15. The molecule has 0 heterocycles. The highest BCUT2D eigenvalue weighted by Crippen LogP contribution is 2.01. The lowest BCUT2D eigenvalue weighted by Crippen LogP contribution is -2.25. The van der Waals surface area contributed by atoms with Gasteiger partial charge in [-0.05, 0) is 26.8 Å². The summed E-state index contributed by atoms with van der Waals surface area (Å²) in [5.41, 5.74) is 0. The number of nitrogens with zero attached hydrogens (tertiary/aromatic N) is 1. The Bertz CT molecular complexity index is 148. The minimum absolute atomic E-state index is 0.154. The van der Waals surface area contributed by atoms with Crippen LogP contribution in [-0.4, -0.2) is 37.5 Å². The molecule has 0 spiro atoms. The number of hydrogen-bond acceptors (Lipinski definition) is 2. The summed E-state index contributed by atoms with van der Waals surface area (Å²) in [6, 6.07) is 0.586. The van der Waals surface area contributed by atoms with Gasteiger partial charge in [-0.3, -0.25) is 4.79 Å². The number of rotatable bonds is 6. The van der Waals surface area contributed by atoms with E-state index in [0.29, 0.717) is 6.04 Å². The quantitative estimate of drug-likeness (QED) is 0.633. The van der Waals surface area contributed by atoms with E-state index in [-0.39, 0.29) is 5.91 Å². The predicted molar refractivity (Wildman–Crippen MR) is 55.7 cm³/mol. The van der Waals surface area contributed by atoms with Gasteiger partial charge >= 0.3 is 0 Å². The van der Waals surface area contributed by atoms with E-state index in [0.717, 1.165) is 13.0 Å². The van der Waals surface area contributed by atoms with Crippen LogP contribution in [0.5, 0.6) is 0 Å². The van der Waals surface area contributed by atoms with Crippen molar-refractivity contribution in [2.45, 2.75) is 39.2 Å². The van der Waals surface area contributed by atoms with Crippen molar-refractivity contribution in [2.24, 2.45) is 0 Å². The number of unbranched alkanes of at least 4 members (excludes halogenated alkanes) is 1. The molecule has 0 saturated carbocycles. The fraction of sp³-hybridized carbons (Fsp3) is 0.900. The maximum Gasteiger partial charge on any atom is 0.219 e. The monoisotopic (exact) mass is 186 g/mol. The summed E-state index contributed by atoms with van der Waals surface area (Å²) in [4.78, 5) is 12.6. The highest BCUT2D eigenvalue weighted by Gasteiger charge is 2.02. The Morgan fingerprint density at radius 2 is 2.08 bits per heavy atom.